The molecule has 0 amide bonds. The minimum atomic E-state index is -0.875. The fourth-order valence-electron chi connectivity index (χ4n) is 0.114. The van der Waals surface area contributed by atoms with E-state index in [9.17, 15) is 4.39 Å². The van der Waals surface area contributed by atoms with Crippen molar-refractivity contribution in [3.05, 3.63) is 11.6 Å². The van der Waals surface area contributed by atoms with E-state index in [1.54, 1.807) is 0 Å². The molecule has 2 nitrogen and oxygen atoms in total. The number of aliphatic hydroxyl groups excluding tert-OH is 2. The maximum absolute atomic E-state index is 11.6. The highest BCUT2D eigenvalue weighted by Crippen LogP contribution is 1.98. The Morgan fingerprint density at radius 2 is 2.14 bits per heavy atom. The molecule has 0 saturated heterocycles. The number of halogens is 1. The molecule has 0 saturated carbocycles. The molecule has 42 valence electrons. The average Bonchev–Trinajstić information content (AvgIpc) is 1.65. The molecule has 0 unspecified atom stereocenters. The van der Waals surface area contributed by atoms with Gasteiger partial charge in [-0.3, -0.25) is 0 Å². The number of allylic oxidation sites excluding steroid dienone is 1. The lowest BCUT2D eigenvalue weighted by atomic mass is 10.5. The van der Waals surface area contributed by atoms with E-state index < -0.39 is 18.2 Å². The van der Waals surface area contributed by atoms with Crippen molar-refractivity contribution in [1.29, 1.82) is 0 Å². The van der Waals surface area contributed by atoms with Crippen molar-refractivity contribution in [2.45, 2.75) is 6.92 Å². The van der Waals surface area contributed by atoms with E-state index in [1.807, 2.05) is 0 Å². The molecule has 0 radical (unpaired) electrons. The van der Waals surface area contributed by atoms with Crippen LogP contribution < -0.4 is 0 Å². The predicted molar refractivity (Wildman–Crippen MR) is 23.5 cm³/mol. The normalized spacial score (nSPS) is 13.6. The quantitative estimate of drug-likeness (QED) is 0.484. The molecule has 2 N–H and O–H groups in total. The summed E-state index contributed by atoms with van der Waals surface area (Å²) in [5, 5.41) is 16.1. The first-order valence-electron chi connectivity index (χ1n) is 1.83. The molecule has 0 rings (SSSR count). The first kappa shape index (κ1) is 6.43. The van der Waals surface area contributed by atoms with Gasteiger partial charge < -0.3 is 10.2 Å². The molecular formula is C4H7FO2. The van der Waals surface area contributed by atoms with Gasteiger partial charge in [0, 0.05) is 0 Å². The van der Waals surface area contributed by atoms with Crippen LogP contribution in [0.15, 0.2) is 11.6 Å². The molecule has 0 aliphatic heterocycles. The summed E-state index contributed by atoms with van der Waals surface area (Å²) in [6, 6.07) is 0. The first-order chi connectivity index (χ1) is 3.18. The van der Waals surface area contributed by atoms with E-state index in [0.717, 1.165) is 0 Å². The molecule has 0 aromatic rings. The SMILES string of the molecule is C/C(O)=C(\F)CO. The minimum absolute atomic E-state index is 0.456. The van der Waals surface area contributed by atoms with Crippen LogP contribution in [0.2, 0.25) is 0 Å². The highest BCUT2D eigenvalue weighted by molar-refractivity contribution is 4.94. The fourth-order valence-corrected chi connectivity index (χ4v) is 0.114. The van der Waals surface area contributed by atoms with Crippen LogP contribution in [0.3, 0.4) is 0 Å². The van der Waals surface area contributed by atoms with Crippen molar-refractivity contribution in [2.24, 2.45) is 0 Å². The Morgan fingerprint density at radius 1 is 1.71 bits per heavy atom. The van der Waals surface area contributed by atoms with Crippen molar-refractivity contribution in [3.8, 4) is 0 Å². The van der Waals surface area contributed by atoms with E-state index in [-0.39, 0.29) is 0 Å². The van der Waals surface area contributed by atoms with E-state index in [1.165, 1.54) is 6.92 Å². The van der Waals surface area contributed by atoms with Crippen molar-refractivity contribution < 1.29 is 14.6 Å². The summed E-state index contributed by atoms with van der Waals surface area (Å²) in [6.45, 7) is 0.452. The Balaban J connectivity index is 3.72. The van der Waals surface area contributed by atoms with E-state index >= 15 is 0 Å². The maximum Gasteiger partial charge on any atom is 0.162 e. The molecule has 0 aromatic carbocycles. The van der Waals surface area contributed by atoms with Crippen LogP contribution >= 0.6 is 0 Å². The van der Waals surface area contributed by atoms with Gasteiger partial charge in [-0.25, -0.2) is 4.39 Å². The zero-order valence-corrected chi connectivity index (χ0v) is 3.98. The second-order valence-electron chi connectivity index (χ2n) is 1.15. The molecule has 0 aliphatic carbocycles. The summed E-state index contributed by atoms with van der Waals surface area (Å²) in [4.78, 5) is 0. The van der Waals surface area contributed by atoms with Gasteiger partial charge in [-0.15, -0.1) is 0 Å². The fraction of sp³-hybridized carbons (Fsp3) is 0.500. The standard InChI is InChI=1S/C4H7FO2/c1-3(7)4(5)2-6/h6-7H,2H2,1H3/b4-3+. The van der Waals surface area contributed by atoms with Crippen molar-refractivity contribution in [3.63, 3.8) is 0 Å². The topological polar surface area (TPSA) is 40.5 Å². The van der Waals surface area contributed by atoms with Crippen LogP contribution in [-0.4, -0.2) is 16.8 Å². The smallest absolute Gasteiger partial charge is 0.162 e. The summed E-state index contributed by atoms with van der Waals surface area (Å²) in [6.07, 6.45) is 0. The van der Waals surface area contributed by atoms with Gasteiger partial charge in [-0.2, -0.15) is 0 Å². The molecule has 0 atom stereocenters. The molecule has 0 aliphatic rings. The lowest BCUT2D eigenvalue weighted by molar-refractivity contribution is 0.275. The third kappa shape index (κ3) is 2.17. The van der Waals surface area contributed by atoms with Gasteiger partial charge in [0.2, 0.25) is 0 Å². The highest BCUT2D eigenvalue weighted by Gasteiger charge is 1.93. The Labute approximate surface area is 40.9 Å². The molecule has 0 bridgehead atoms. The zero-order valence-electron chi connectivity index (χ0n) is 3.98. The van der Waals surface area contributed by atoms with Gasteiger partial charge in [-0.1, -0.05) is 0 Å². The monoisotopic (exact) mass is 106 g/mol. The maximum atomic E-state index is 11.6. The first-order valence-corrected chi connectivity index (χ1v) is 1.83. The summed E-state index contributed by atoms with van der Waals surface area (Å²) in [5.74, 6) is -1.33. The van der Waals surface area contributed by atoms with E-state index in [4.69, 9.17) is 10.2 Å². The molecule has 3 heteroatoms. The summed E-state index contributed by atoms with van der Waals surface area (Å²) >= 11 is 0. The largest absolute Gasteiger partial charge is 0.510 e. The summed E-state index contributed by atoms with van der Waals surface area (Å²) < 4.78 is 11.6. The Kier molecular flexibility index (Phi) is 2.37. The van der Waals surface area contributed by atoms with Crippen molar-refractivity contribution >= 4 is 0 Å². The molecule has 0 aromatic heterocycles. The van der Waals surface area contributed by atoms with Crippen molar-refractivity contribution in [1.82, 2.24) is 0 Å². The number of hydrogen-bond donors (Lipinski definition) is 2. The Bertz CT molecular complexity index is 83.7. The molecule has 0 spiro atoms. The molecule has 7 heavy (non-hydrogen) atoms. The van der Waals surface area contributed by atoms with E-state index in [2.05, 4.69) is 0 Å². The van der Waals surface area contributed by atoms with Gasteiger partial charge in [-0.05, 0) is 6.92 Å². The lowest BCUT2D eigenvalue weighted by Crippen LogP contribution is -1.85. The van der Waals surface area contributed by atoms with E-state index in [0.29, 0.717) is 0 Å². The average molecular weight is 106 g/mol. The van der Waals surface area contributed by atoms with Gasteiger partial charge in [0.1, 0.15) is 5.76 Å². The minimum Gasteiger partial charge on any atom is -0.510 e. The third-order valence-electron chi connectivity index (χ3n) is 0.531. The predicted octanol–water partition coefficient (Wildman–Crippen LogP) is 0.738. The van der Waals surface area contributed by atoms with Crippen LogP contribution in [0.4, 0.5) is 4.39 Å². The third-order valence-corrected chi connectivity index (χ3v) is 0.531. The highest BCUT2D eigenvalue weighted by atomic mass is 19.1. The van der Waals surface area contributed by atoms with Gasteiger partial charge >= 0.3 is 0 Å². The van der Waals surface area contributed by atoms with Crippen LogP contribution in [0.5, 0.6) is 0 Å². The summed E-state index contributed by atoms with van der Waals surface area (Å²) in [7, 11) is 0. The second kappa shape index (κ2) is 2.58. The number of aliphatic hydroxyl groups is 2. The zero-order chi connectivity index (χ0) is 5.86. The Hall–Kier alpha value is -0.570. The van der Waals surface area contributed by atoms with Crippen LogP contribution in [0.25, 0.3) is 0 Å². The molecule has 0 fully saturated rings. The number of rotatable bonds is 1. The Morgan fingerprint density at radius 3 is 2.14 bits per heavy atom. The van der Waals surface area contributed by atoms with Crippen LogP contribution in [0, 0.1) is 0 Å². The van der Waals surface area contributed by atoms with Gasteiger partial charge in [0.05, 0.1) is 6.61 Å². The van der Waals surface area contributed by atoms with Gasteiger partial charge in [0.25, 0.3) is 0 Å². The lowest BCUT2D eigenvalue weighted by Gasteiger charge is -1.88. The summed E-state index contributed by atoms with van der Waals surface area (Å²) in [5.41, 5.74) is 0. The van der Waals surface area contributed by atoms with Crippen LogP contribution in [-0.2, 0) is 0 Å². The second-order valence-corrected chi connectivity index (χ2v) is 1.15. The molecular weight excluding hydrogens is 99.0 g/mol. The number of hydrogen-bond acceptors (Lipinski definition) is 2. The van der Waals surface area contributed by atoms with Gasteiger partial charge in [0.15, 0.2) is 5.83 Å². The molecule has 0 heterocycles. The van der Waals surface area contributed by atoms with Crippen molar-refractivity contribution in [2.75, 3.05) is 6.61 Å². The van der Waals surface area contributed by atoms with Crippen LogP contribution in [0.1, 0.15) is 6.92 Å².